The SMILES string of the molecule is COC(=O)c1ccc(Oc2ccc(B(O)O)cc2)cc1. The summed E-state index contributed by atoms with van der Waals surface area (Å²) >= 11 is 0. The van der Waals surface area contributed by atoms with Gasteiger partial charge in [-0.25, -0.2) is 4.79 Å². The highest BCUT2D eigenvalue weighted by molar-refractivity contribution is 6.58. The van der Waals surface area contributed by atoms with Crippen LogP contribution in [0.5, 0.6) is 11.5 Å². The number of hydrogen-bond acceptors (Lipinski definition) is 5. The van der Waals surface area contributed by atoms with Gasteiger partial charge in [0, 0.05) is 0 Å². The maximum atomic E-state index is 11.3. The molecule has 0 aliphatic carbocycles. The minimum atomic E-state index is -1.50. The van der Waals surface area contributed by atoms with Crippen LogP contribution in [0.2, 0.25) is 0 Å². The second-order valence-electron chi connectivity index (χ2n) is 4.06. The fraction of sp³-hybridized carbons (Fsp3) is 0.0714. The largest absolute Gasteiger partial charge is 0.488 e. The minimum Gasteiger partial charge on any atom is -0.465 e. The summed E-state index contributed by atoms with van der Waals surface area (Å²) in [6, 6.07) is 12.9. The Hall–Kier alpha value is -2.31. The van der Waals surface area contributed by atoms with Gasteiger partial charge in [-0.05, 0) is 41.9 Å². The molecule has 0 atom stereocenters. The highest BCUT2D eigenvalue weighted by Crippen LogP contribution is 2.21. The number of carbonyl (C=O) groups excluding carboxylic acids is 1. The minimum absolute atomic E-state index is 0.387. The van der Waals surface area contributed by atoms with Crippen LogP contribution in [0.25, 0.3) is 0 Å². The van der Waals surface area contributed by atoms with Crippen LogP contribution in [-0.4, -0.2) is 30.2 Å². The monoisotopic (exact) mass is 272 g/mol. The van der Waals surface area contributed by atoms with E-state index in [4.69, 9.17) is 14.8 Å². The average Bonchev–Trinajstić information content (AvgIpc) is 2.48. The van der Waals surface area contributed by atoms with Gasteiger partial charge < -0.3 is 19.5 Å². The van der Waals surface area contributed by atoms with Gasteiger partial charge in [0.2, 0.25) is 0 Å². The molecular formula is C14H13BO5. The van der Waals surface area contributed by atoms with Crippen molar-refractivity contribution in [1.82, 2.24) is 0 Å². The van der Waals surface area contributed by atoms with Crippen molar-refractivity contribution in [2.24, 2.45) is 0 Å². The van der Waals surface area contributed by atoms with E-state index >= 15 is 0 Å². The molecule has 0 bridgehead atoms. The molecule has 0 fully saturated rings. The zero-order valence-electron chi connectivity index (χ0n) is 10.8. The van der Waals surface area contributed by atoms with E-state index < -0.39 is 13.1 Å². The quantitative estimate of drug-likeness (QED) is 0.640. The molecule has 0 amide bonds. The Morgan fingerprint density at radius 3 is 1.90 bits per heavy atom. The summed E-state index contributed by atoms with van der Waals surface area (Å²) < 4.78 is 10.2. The number of ether oxygens (including phenoxy) is 2. The van der Waals surface area contributed by atoms with Crippen molar-refractivity contribution < 1.29 is 24.3 Å². The van der Waals surface area contributed by atoms with E-state index in [1.165, 1.54) is 7.11 Å². The Bertz CT molecular complexity index is 578. The van der Waals surface area contributed by atoms with Gasteiger partial charge in [-0.3, -0.25) is 0 Å². The maximum absolute atomic E-state index is 11.3. The third-order valence-corrected chi connectivity index (χ3v) is 2.69. The summed E-state index contributed by atoms with van der Waals surface area (Å²) in [7, 11) is -0.174. The molecule has 0 radical (unpaired) electrons. The molecule has 2 aromatic rings. The smallest absolute Gasteiger partial charge is 0.465 e. The van der Waals surface area contributed by atoms with Gasteiger partial charge in [-0.2, -0.15) is 0 Å². The summed E-state index contributed by atoms with van der Waals surface area (Å²) in [6.07, 6.45) is 0. The van der Waals surface area contributed by atoms with Gasteiger partial charge in [0.1, 0.15) is 11.5 Å². The molecule has 2 N–H and O–H groups in total. The van der Waals surface area contributed by atoms with E-state index in [2.05, 4.69) is 4.74 Å². The van der Waals surface area contributed by atoms with Gasteiger partial charge in [-0.1, -0.05) is 12.1 Å². The lowest BCUT2D eigenvalue weighted by Crippen LogP contribution is -2.29. The number of hydrogen-bond donors (Lipinski definition) is 2. The van der Waals surface area contributed by atoms with E-state index in [0.29, 0.717) is 22.5 Å². The van der Waals surface area contributed by atoms with Crippen molar-refractivity contribution in [1.29, 1.82) is 0 Å². The predicted molar refractivity (Wildman–Crippen MR) is 74.1 cm³/mol. The topological polar surface area (TPSA) is 76.0 Å². The Balaban J connectivity index is 2.08. The number of rotatable bonds is 4. The zero-order chi connectivity index (χ0) is 14.5. The van der Waals surface area contributed by atoms with Gasteiger partial charge >= 0.3 is 13.1 Å². The van der Waals surface area contributed by atoms with Crippen molar-refractivity contribution >= 4 is 18.6 Å². The molecule has 2 aromatic carbocycles. The van der Waals surface area contributed by atoms with Gasteiger partial charge in [-0.15, -0.1) is 0 Å². The molecule has 0 saturated carbocycles. The van der Waals surface area contributed by atoms with E-state index in [-0.39, 0.29) is 0 Å². The Morgan fingerprint density at radius 1 is 0.950 bits per heavy atom. The van der Waals surface area contributed by atoms with Crippen molar-refractivity contribution in [3.05, 3.63) is 54.1 Å². The molecule has 0 saturated heterocycles. The molecule has 2 rings (SSSR count). The van der Waals surface area contributed by atoms with E-state index in [9.17, 15) is 4.79 Å². The molecule has 0 aliphatic heterocycles. The number of esters is 1. The Labute approximate surface area is 116 Å². The van der Waals surface area contributed by atoms with Gasteiger partial charge in [0.05, 0.1) is 12.7 Å². The highest BCUT2D eigenvalue weighted by Gasteiger charge is 2.10. The normalized spacial score (nSPS) is 9.95. The molecule has 20 heavy (non-hydrogen) atoms. The van der Waals surface area contributed by atoms with Gasteiger partial charge in [0.25, 0.3) is 0 Å². The fourth-order valence-electron chi connectivity index (χ4n) is 1.62. The van der Waals surface area contributed by atoms with Crippen molar-refractivity contribution in [2.45, 2.75) is 0 Å². The van der Waals surface area contributed by atoms with Crippen LogP contribution >= 0.6 is 0 Å². The summed E-state index contributed by atoms with van der Waals surface area (Å²) in [4.78, 5) is 11.3. The zero-order valence-corrected chi connectivity index (χ0v) is 10.8. The first kappa shape index (κ1) is 14.1. The number of benzene rings is 2. The average molecular weight is 272 g/mol. The summed E-state index contributed by atoms with van der Waals surface area (Å²) in [5.41, 5.74) is 0.831. The van der Waals surface area contributed by atoms with E-state index in [1.807, 2.05) is 0 Å². The molecule has 0 aliphatic rings. The summed E-state index contributed by atoms with van der Waals surface area (Å²) in [5, 5.41) is 18.0. The Kier molecular flexibility index (Phi) is 4.39. The van der Waals surface area contributed by atoms with Crippen LogP contribution in [-0.2, 0) is 4.74 Å². The van der Waals surface area contributed by atoms with E-state index in [1.54, 1.807) is 48.5 Å². The third kappa shape index (κ3) is 3.37. The summed E-state index contributed by atoms with van der Waals surface area (Å²) in [5.74, 6) is 0.716. The van der Waals surface area contributed by atoms with Gasteiger partial charge in [0.15, 0.2) is 0 Å². The lowest BCUT2D eigenvalue weighted by molar-refractivity contribution is 0.0600. The first-order valence-corrected chi connectivity index (χ1v) is 5.92. The lowest BCUT2D eigenvalue weighted by Gasteiger charge is -2.07. The van der Waals surface area contributed by atoms with Crippen molar-refractivity contribution in [3.8, 4) is 11.5 Å². The summed E-state index contributed by atoms with van der Waals surface area (Å²) in [6.45, 7) is 0. The fourth-order valence-corrected chi connectivity index (χ4v) is 1.62. The maximum Gasteiger partial charge on any atom is 0.488 e. The number of carbonyl (C=O) groups is 1. The van der Waals surface area contributed by atoms with Crippen LogP contribution < -0.4 is 10.2 Å². The molecule has 0 spiro atoms. The second kappa shape index (κ2) is 6.23. The molecule has 5 nitrogen and oxygen atoms in total. The molecule has 102 valence electrons. The second-order valence-corrected chi connectivity index (χ2v) is 4.06. The third-order valence-electron chi connectivity index (χ3n) is 2.69. The number of methoxy groups -OCH3 is 1. The molecule has 0 aromatic heterocycles. The first-order valence-electron chi connectivity index (χ1n) is 5.92. The van der Waals surface area contributed by atoms with Crippen LogP contribution in [0.4, 0.5) is 0 Å². The molecule has 0 unspecified atom stereocenters. The van der Waals surface area contributed by atoms with Crippen LogP contribution in [0.3, 0.4) is 0 Å². The molecule has 6 heteroatoms. The standard InChI is InChI=1S/C14H13BO5/c1-19-14(16)10-2-6-12(7-3-10)20-13-8-4-11(5-9-13)15(17)18/h2-9,17-18H,1H3. The molecule has 0 heterocycles. The van der Waals surface area contributed by atoms with E-state index in [0.717, 1.165) is 0 Å². The Morgan fingerprint density at radius 2 is 1.45 bits per heavy atom. The first-order chi connectivity index (χ1) is 9.60. The lowest BCUT2D eigenvalue weighted by atomic mass is 9.80. The van der Waals surface area contributed by atoms with Crippen molar-refractivity contribution in [2.75, 3.05) is 7.11 Å². The van der Waals surface area contributed by atoms with Crippen LogP contribution in [0.1, 0.15) is 10.4 Å². The predicted octanol–water partition coefficient (Wildman–Crippen LogP) is 0.945. The highest BCUT2D eigenvalue weighted by atomic mass is 16.5. The van der Waals surface area contributed by atoms with Crippen molar-refractivity contribution in [3.63, 3.8) is 0 Å². The van der Waals surface area contributed by atoms with Crippen LogP contribution in [0.15, 0.2) is 48.5 Å². The van der Waals surface area contributed by atoms with Crippen LogP contribution in [0, 0.1) is 0 Å². The molecular weight excluding hydrogens is 259 g/mol.